The Kier molecular flexibility index (Phi) is 5.49. The Balaban J connectivity index is 3.32. The number of hydrogen-bond donors (Lipinski definition) is 0. The van der Waals surface area contributed by atoms with Crippen LogP contribution < -0.4 is 0 Å². The van der Waals surface area contributed by atoms with Crippen LogP contribution in [0.15, 0.2) is 0 Å². The zero-order chi connectivity index (χ0) is 9.56. The first-order chi connectivity index (χ1) is 5.52. The summed E-state index contributed by atoms with van der Waals surface area (Å²) >= 11 is 0. The lowest BCUT2D eigenvalue weighted by Crippen LogP contribution is -2.12. The number of halogens is 3. The van der Waals surface area contributed by atoms with E-state index in [1.807, 2.05) is 0 Å². The number of esters is 1. The van der Waals surface area contributed by atoms with Crippen LogP contribution in [0.4, 0.5) is 13.2 Å². The SMILES string of the molecule is CC(F)CC(=O)OCCC(F)F. The van der Waals surface area contributed by atoms with Crippen molar-refractivity contribution in [3.63, 3.8) is 0 Å². The predicted molar refractivity (Wildman–Crippen MR) is 36.8 cm³/mol. The van der Waals surface area contributed by atoms with Crippen LogP contribution in [-0.2, 0) is 9.53 Å². The zero-order valence-corrected chi connectivity index (χ0v) is 6.73. The largest absolute Gasteiger partial charge is 0.465 e. The Morgan fingerprint density at radius 3 is 2.42 bits per heavy atom. The van der Waals surface area contributed by atoms with Crippen molar-refractivity contribution in [1.82, 2.24) is 0 Å². The van der Waals surface area contributed by atoms with Crippen molar-refractivity contribution < 1.29 is 22.7 Å². The second-order valence-corrected chi connectivity index (χ2v) is 2.39. The summed E-state index contributed by atoms with van der Waals surface area (Å²) in [4.78, 5) is 10.5. The summed E-state index contributed by atoms with van der Waals surface area (Å²) in [5, 5.41) is 0. The van der Waals surface area contributed by atoms with Crippen molar-refractivity contribution >= 4 is 5.97 Å². The van der Waals surface area contributed by atoms with Gasteiger partial charge in [-0.05, 0) is 6.92 Å². The molecule has 0 aliphatic carbocycles. The van der Waals surface area contributed by atoms with Crippen molar-refractivity contribution in [2.75, 3.05) is 6.61 Å². The smallest absolute Gasteiger partial charge is 0.308 e. The third-order valence-corrected chi connectivity index (χ3v) is 1.05. The average molecular weight is 184 g/mol. The molecular weight excluding hydrogens is 173 g/mol. The van der Waals surface area contributed by atoms with Crippen molar-refractivity contribution in [3.05, 3.63) is 0 Å². The molecule has 0 radical (unpaired) electrons. The van der Waals surface area contributed by atoms with Crippen LogP contribution in [0.5, 0.6) is 0 Å². The van der Waals surface area contributed by atoms with Crippen LogP contribution >= 0.6 is 0 Å². The maximum atomic E-state index is 12.1. The molecule has 0 aromatic carbocycles. The highest BCUT2D eigenvalue weighted by atomic mass is 19.3. The molecular formula is C7H11F3O2. The molecule has 0 aliphatic heterocycles. The highest BCUT2D eigenvalue weighted by Crippen LogP contribution is 2.01. The molecule has 0 bridgehead atoms. The molecule has 0 N–H and O–H groups in total. The first-order valence-electron chi connectivity index (χ1n) is 3.60. The van der Waals surface area contributed by atoms with Gasteiger partial charge in [-0.25, -0.2) is 13.2 Å². The van der Waals surface area contributed by atoms with Gasteiger partial charge >= 0.3 is 5.97 Å². The van der Waals surface area contributed by atoms with Gasteiger partial charge in [-0.3, -0.25) is 4.79 Å². The van der Waals surface area contributed by atoms with Crippen LogP contribution in [0.1, 0.15) is 19.8 Å². The molecule has 0 saturated heterocycles. The second kappa shape index (κ2) is 5.85. The first kappa shape index (κ1) is 11.3. The van der Waals surface area contributed by atoms with Crippen LogP contribution in [0.25, 0.3) is 0 Å². The third-order valence-electron chi connectivity index (χ3n) is 1.05. The van der Waals surface area contributed by atoms with Gasteiger partial charge in [-0.15, -0.1) is 0 Å². The fraction of sp³-hybridized carbons (Fsp3) is 0.857. The molecule has 0 aromatic rings. The van der Waals surface area contributed by atoms with E-state index in [2.05, 4.69) is 4.74 Å². The first-order valence-corrected chi connectivity index (χ1v) is 3.60. The number of carbonyl (C=O) groups excluding carboxylic acids is 1. The minimum absolute atomic E-state index is 0.344. The van der Waals surface area contributed by atoms with Crippen LogP contribution in [0.2, 0.25) is 0 Å². The highest BCUT2D eigenvalue weighted by Gasteiger charge is 2.09. The van der Waals surface area contributed by atoms with Crippen LogP contribution in [-0.4, -0.2) is 25.2 Å². The number of hydrogen-bond acceptors (Lipinski definition) is 2. The van der Waals surface area contributed by atoms with Gasteiger partial charge in [0.05, 0.1) is 13.0 Å². The summed E-state index contributed by atoms with van der Waals surface area (Å²) in [5.41, 5.74) is 0. The standard InChI is InChI=1S/C7H11F3O2/c1-5(8)4-7(11)12-3-2-6(9)10/h5-6H,2-4H2,1H3. The molecule has 12 heavy (non-hydrogen) atoms. The van der Waals surface area contributed by atoms with E-state index in [-0.39, 0.29) is 13.0 Å². The number of alkyl halides is 3. The van der Waals surface area contributed by atoms with Gasteiger partial charge in [0, 0.05) is 6.42 Å². The lowest BCUT2D eigenvalue weighted by molar-refractivity contribution is -0.145. The van der Waals surface area contributed by atoms with E-state index >= 15 is 0 Å². The van der Waals surface area contributed by atoms with Gasteiger partial charge in [-0.2, -0.15) is 0 Å². The van der Waals surface area contributed by atoms with Crippen LogP contribution in [0.3, 0.4) is 0 Å². The molecule has 1 unspecified atom stereocenters. The molecule has 0 fully saturated rings. The number of carbonyl (C=O) groups is 1. The van der Waals surface area contributed by atoms with Gasteiger partial charge in [-0.1, -0.05) is 0 Å². The summed E-state index contributed by atoms with van der Waals surface area (Å²) in [6.45, 7) is 0.859. The maximum absolute atomic E-state index is 12.1. The third kappa shape index (κ3) is 7.37. The normalized spacial score (nSPS) is 13.1. The number of rotatable bonds is 5. The summed E-state index contributed by atoms with van der Waals surface area (Å²) in [6.07, 6.45) is -4.64. The van der Waals surface area contributed by atoms with E-state index in [1.54, 1.807) is 0 Å². The minimum atomic E-state index is -2.49. The Bertz CT molecular complexity index is 137. The van der Waals surface area contributed by atoms with E-state index in [9.17, 15) is 18.0 Å². The Morgan fingerprint density at radius 2 is 2.00 bits per heavy atom. The molecule has 0 rings (SSSR count). The van der Waals surface area contributed by atoms with Crippen molar-refractivity contribution in [2.45, 2.75) is 32.4 Å². The fourth-order valence-corrected chi connectivity index (χ4v) is 0.550. The Hall–Kier alpha value is -0.740. The van der Waals surface area contributed by atoms with E-state index in [0.717, 1.165) is 0 Å². The van der Waals surface area contributed by atoms with E-state index in [4.69, 9.17) is 0 Å². The molecule has 0 aromatic heterocycles. The van der Waals surface area contributed by atoms with E-state index in [0.29, 0.717) is 0 Å². The second-order valence-electron chi connectivity index (χ2n) is 2.39. The molecule has 0 aliphatic rings. The Morgan fingerprint density at radius 1 is 1.42 bits per heavy atom. The predicted octanol–water partition coefficient (Wildman–Crippen LogP) is 1.93. The minimum Gasteiger partial charge on any atom is -0.465 e. The summed E-state index contributed by atoms with van der Waals surface area (Å²) < 4.78 is 39.4. The van der Waals surface area contributed by atoms with Gasteiger partial charge in [0.2, 0.25) is 6.43 Å². The maximum Gasteiger partial charge on any atom is 0.308 e. The van der Waals surface area contributed by atoms with E-state index < -0.39 is 25.0 Å². The van der Waals surface area contributed by atoms with Gasteiger partial charge in [0.25, 0.3) is 0 Å². The van der Waals surface area contributed by atoms with Gasteiger partial charge in [0.1, 0.15) is 6.17 Å². The average Bonchev–Trinajstić information content (AvgIpc) is 1.84. The molecule has 2 nitrogen and oxygen atoms in total. The Labute approximate surface area is 68.7 Å². The van der Waals surface area contributed by atoms with Crippen molar-refractivity contribution in [3.8, 4) is 0 Å². The van der Waals surface area contributed by atoms with Gasteiger partial charge < -0.3 is 4.74 Å². The number of ether oxygens (including phenoxy) is 1. The lowest BCUT2D eigenvalue weighted by atomic mass is 10.3. The molecule has 0 heterocycles. The molecule has 0 amide bonds. The monoisotopic (exact) mass is 184 g/mol. The summed E-state index contributed by atoms with van der Waals surface area (Å²) in [7, 11) is 0. The topological polar surface area (TPSA) is 26.3 Å². The summed E-state index contributed by atoms with van der Waals surface area (Å²) in [5.74, 6) is -0.773. The van der Waals surface area contributed by atoms with Crippen LogP contribution in [0, 0.1) is 0 Å². The molecule has 0 spiro atoms. The molecule has 1 atom stereocenters. The lowest BCUT2D eigenvalue weighted by Gasteiger charge is -2.04. The van der Waals surface area contributed by atoms with E-state index in [1.165, 1.54) is 6.92 Å². The highest BCUT2D eigenvalue weighted by molar-refractivity contribution is 5.69. The zero-order valence-electron chi connectivity index (χ0n) is 6.73. The van der Waals surface area contributed by atoms with Crippen molar-refractivity contribution in [2.24, 2.45) is 0 Å². The summed E-state index contributed by atoms with van der Waals surface area (Å²) in [6, 6.07) is 0. The molecule has 72 valence electrons. The molecule has 0 saturated carbocycles. The fourth-order valence-electron chi connectivity index (χ4n) is 0.550. The van der Waals surface area contributed by atoms with Crippen molar-refractivity contribution in [1.29, 1.82) is 0 Å². The quantitative estimate of drug-likeness (QED) is 0.610. The van der Waals surface area contributed by atoms with Gasteiger partial charge in [0.15, 0.2) is 0 Å². The molecule has 5 heteroatoms.